The predicted octanol–water partition coefficient (Wildman–Crippen LogP) is 1.77. The van der Waals surface area contributed by atoms with Gasteiger partial charge in [0.15, 0.2) is 5.78 Å². The number of ether oxygens (including phenoxy) is 1. The molecule has 1 fully saturated rings. The standard InChI is InChI=1S/C21H25FN2O5S/c1-16(25)17-6-8-19(9-7-17)29-15-18(26)14-23-10-12-24(13-11-23)30(27,28)21-5-3-2-4-20(21)22/h2-9,18,26H,10-15H2,1H3/t18-/m1/s1. The Balaban J connectivity index is 1.47. The number of β-amino-alcohol motifs (C(OH)–C–C–N with tert-alkyl or cyclic N) is 1. The topological polar surface area (TPSA) is 87.2 Å². The van der Waals surface area contributed by atoms with E-state index in [4.69, 9.17) is 4.74 Å². The largest absolute Gasteiger partial charge is 0.491 e. The zero-order valence-electron chi connectivity index (χ0n) is 16.7. The maximum absolute atomic E-state index is 13.9. The number of hydrogen-bond donors (Lipinski definition) is 1. The Labute approximate surface area is 175 Å². The number of aliphatic hydroxyl groups is 1. The van der Waals surface area contributed by atoms with Crippen LogP contribution in [0.1, 0.15) is 17.3 Å². The highest BCUT2D eigenvalue weighted by molar-refractivity contribution is 7.89. The van der Waals surface area contributed by atoms with Crippen molar-refractivity contribution in [1.82, 2.24) is 9.21 Å². The fraction of sp³-hybridized carbons (Fsp3) is 0.381. The minimum Gasteiger partial charge on any atom is -0.491 e. The number of sulfonamides is 1. The molecular weight excluding hydrogens is 411 g/mol. The first-order chi connectivity index (χ1) is 14.3. The van der Waals surface area contributed by atoms with Crippen molar-refractivity contribution in [3.05, 3.63) is 59.9 Å². The highest BCUT2D eigenvalue weighted by Crippen LogP contribution is 2.20. The van der Waals surface area contributed by atoms with Crippen molar-refractivity contribution in [1.29, 1.82) is 0 Å². The van der Waals surface area contributed by atoms with Crippen LogP contribution >= 0.6 is 0 Å². The molecule has 0 radical (unpaired) electrons. The van der Waals surface area contributed by atoms with E-state index in [1.807, 2.05) is 4.90 Å². The maximum atomic E-state index is 13.9. The number of carbonyl (C=O) groups is 1. The van der Waals surface area contributed by atoms with Crippen LogP contribution in [0.15, 0.2) is 53.4 Å². The number of rotatable bonds is 8. The van der Waals surface area contributed by atoms with Gasteiger partial charge in [0.1, 0.15) is 29.2 Å². The quantitative estimate of drug-likeness (QED) is 0.635. The molecule has 0 spiro atoms. The molecule has 1 heterocycles. The van der Waals surface area contributed by atoms with Crippen LogP contribution in [0.5, 0.6) is 5.75 Å². The molecule has 0 saturated carbocycles. The molecule has 9 heteroatoms. The van der Waals surface area contributed by atoms with Gasteiger partial charge < -0.3 is 9.84 Å². The molecule has 1 atom stereocenters. The Morgan fingerprint density at radius 3 is 2.33 bits per heavy atom. The minimum atomic E-state index is -3.88. The number of piperazine rings is 1. The molecular formula is C21H25FN2O5S. The zero-order valence-corrected chi connectivity index (χ0v) is 17.5. The smallest absolute Gasteiger partial charge is 0.246 e. The second kappa shape index (κ2) is 9.65. The van der Waals surface area contributed by atoms with Gasteiger partial charge in [0.05, 0.1) is 0 Å². The van der Waals surface area contributed by atoms with Gasteiger partial charge in [-0.25, -0.2) is 12.8 Å². The van der Waals surface area contributed by atoms with Crippen LogP contribution in [-0.2, 0) is 10.0 Å². The SMILES string of the molecule is CC(=O)c1ccc(OC[C@H](O)CN2CCN(S(=O)(=O)c3ccccc3F)CC2)cc1. The minimum absolute atomic E-state index is 0.0299. The number of nitrogens with zero attached hydrogens (tertiary/aromatic N) is 2. The number of Topliss-reactive ketones (excluding diaryl/α,β-unsaturated/α-hetero) is 1. The molecule has 1 saturated heterocycles. The molecule has 2 aromatic carbocycles. The van der Waals surface area contributed by atoms with E-state index < -0.39 is 21.9 Å². The predicted molar refractivity (Wildman–Crippen MR) is 110 cm³/mol. The molecule has 162 valence electrons. The summed E-state index contributed by atoms with van der Waals surface area (Å²) < 4.78 is 46.0. The van der Waals surface area contributed by atoms with E-state index in [2.05, 4.69) is 0 Å². The van der Waals surface area contributed by atoms with E-state index in [9.17, 15) is 22.7 Å². The lowest BCUT2D eigenvalue weighted by atomic mass is 10.1. The van der Waals surface area contributed by atoms with Crippen molar-refractivity contribution >= 4 is 15.8 Å². The Kier molecular flexibility index (Phi) is 7.19. The summed E-state index contributed by atoms with van der Waals surface area (Å²) in [7, 11) is -3.88. The van der Waals surface area contributed by atoms with Crippen molar-refractivity contribution in [2.45, 2.75) is 17.9 Å². The lowest BCUT2D eigenvalue weighted by molar-refractivity contribution is 0.0568. The molecule has 2 aromatic rings. The fourth-order valence-corrected chi connectivity index (χ4v) is 4.76. The molecule has 0 unspecified atom stereocenters. The summed E-state index contributed by atoms with van der Waals surface area (Å²) in [6.45, 7) is 3.19. The number of halogens is 1. The average molecular weight is 437 g/mol. The third kappa shape index (κ3) is 5.42. The normalized spacial score (nSPS) is 16.9. The van der Waals surface area contributed by atoms with Crippen LogP contribution < -0.4 is 4.74 Å². The van der Waals surface area contributed by atoms with Crippen LogP contribution in [0.2, 0.25) is 0 Å². The summed E-state index contributed by atoms with van der Waals surface area (Å²) in [5.74, 6) is -0.235. The number of aliphatic hydroxyl groups excluding tert-OH is 1. The van der Waals surface area contributed by atoms with Gasteiger partial charge in [-0.05, 0) is 43.3 Å². The average Bonchev–Trinajstić information content (AvgIpc) is 2.73. The maximum Gasteiger partial charge on any atom is 0.246 e. The first-order valence-electron chi connectivity index (χ1n) is 9.66. The second-order valence-electron chi connectivity index (χ2n) is 7.18. The molecule has 0 aromatic heterocycles. The number of hydrogen-bond acceptors (Lipinski definition) is 6. The Morgan fingerprint density at radius 2 is 1.73 bits per heavy atom. The van der Waals surface area contributed by atoms with Crippen molar-refractivity contribution in [3.8, 4) is 5.75 Å². The second-order valence-corrected chi connectivity index (χ2v) is 9.09. The number of benzene rings is 2. The Hall–Kier alpha value is -2.33. The van der Waals surface area contributed by atoms with Gasteiger partial charge in [-0.3, -0.25) is 9.69 Å². The van der Waals surface area contributed by atoms with E-state index in [0.717, 1.165) is 6.07 Å². The van der Waals surface area contributed by atoms with E-state index in [-0.39, 0.29) is 30.4 Å². The van der Waals surface area contributed by atoms with Crippen molar-refractivity contribution in [2.24, 2.45) is 0 Å². The van der Waals surface area contributed by atoms with Crippen molar-refractivity contribution in [2.75, 3.05) is 39.3 Å². The number of ketones is 1. The van der Waals surface area contributed by atoms with Crippen LogP contribution in [0.25, 0.3) is 0 Å². The summed E-state index contributed by atoms with van der Waals surface area (Å²) >= 11 is 0. The molecule has 7 nitrogen and oxygen atoms in total. The summed E-state index contributed by atoms with van der Waals surface area (Å²) in [5.41, 5.74) is 0.589. The first kappa shape index (κ1) is 22.4. The molecule has 3 rings (SSSR count). The van der Waals surface area contributed by atoms with Gasteiger partial charge in [0.25, 0.3) is 0 Å². The summed E-state index contributed by atoms with van der Waals surface area (Å²) in [6.07, 6.45) is -0.757. The lowest BCUT2D eigenvalue weighted by Gasteiger charge is -2.34. The van der Waals surface area contributed by atoms with E-state index >= 15 is 0 Å². The molecule has 1 N–H and O–H groups in total. The van der Waals surface area contributed by atoms with E-state index in [1.54, 1.807) is 24.3 Å². The molecule has 0 bridgehead atoms. The molecule has 1 aliphatic heterocycles. The van der Waals surface area contributed by atoms with Gasteiger partial charge in [0, 0.05) is 38.3 Å². The summed E-state index contributed by atoms with van der Waals surface area (Å²) in [6, 6.07) is 12.0. The molecule has 1 aliphatic rings. The Morgan fingerprint density at radius 1 is 1.10 bits per heavy atom. The molecule has 0 aliphatic carbocycles. The lowest BCUT2D eigenvalue weighted by Crippen LogP contribution is -2.50. The highest BCUT2D eigenvalue weighted by atomic mass is 32.2. The highest BCUT2D eigenvalue weighted by Gasteiger charge is 2.30. The van der Waals surface area contributed by atoms with Gasteiger partial charge in [0.2, 0.25) is 10.0 Å². The van der Waals surface area contributed by atoms with Gasteiger partial charge >= 0.3 is 0 Å². The van der Waals surface area contributed by atoms with E-state index in [1.165, 1.54) is 29.4 Å². The van der Waals surface area contributed by atoms with Gasteiger partial charge in [-0.1, -0.05) is 12.1 Å². The van der Waals surface area contributed by atoms with Crippen LogP contribution in [0.3, 0.4) is 0 Å². The number of carbonyl (C=O) groups excluding carboxylic acids is 1. The summed E-state index contributed by atoms with van der Waals surface area (Å²) in [4.78, 5) is 12.9. The Bertz CT molecular complexity index is 973. The van der Waals surface area contributed by atoms with Crippen LogP contribution in [-0.4, -0.2) is 73.9 Å². The van der Waals surface area contributed by atoms with Gasteiger partial charge in [-0.15, -0.1) is 0 Å². The first-order valence-corrected chi connectivity index (χ1v) is 11.1. The zero-order chi connectivity index (χ0) is 21.7. The van der Waals surface area contributed by atoms with E-state index in [0.29, 0.717) is 30.9 Å². The van der Waals surface area contributed by atoms with Crippen molar-refractivity contribution < 1.29 is 27.4 Å². The molecule has 30 heavy (non-hydrogen) atoms. The third-order valence-electron chi connectivity index (χ3n) is 4.96. The molecule has 0 amide bonds. The van der Waals surface area contributed by atoms with Crippen LogP contribution in [0, 0.1) is 5.82 Å². The monoisotopic (exact) mass is 436 g/mol. The fourth-order valence-electron chi connectivity index (χ4n) is 3.27. The third-order valence-corrected chi connectivity index (χ3v) is 6.89. The summed E-state index contributed by atoms with van der Waals surface area (Å²) in [5, 5.41) is 10.2. The van der Waals surface area contributed by atoms with Crippen LogP contribution in [0.4, 0.5) is 4.39 Å². The van der Waals surface area contributed by atoms with Gasteiger partial charge in [-0.2, -0.15) is 4.31 Å². The van der Waals surface area contributed by atoms with Crippen molar-refractivity contribution in [3.63, 3.8) is 0 Å².